The van der Waals surface area contributed by atoms with Crippen molar-refractivity contribution < 1.29 is 0 Å². The van der Waals surface area contributed by atoms with Crippen LogP contribution < -0.4 is 5.32 Å². The molecule has 0 aliphatic carbocycles. The summed E-state index contributed by atoms with van der Waals surface area (Å²) in [6.45, 7) is 9.94. The molecule has 3 nitrogen and oxygen atoms in total. The van der Waals surface area contributed by atoms with Crippen LogP contribution in [-0.4, -0.2) is 16.3 Å². The van der Waals surface area contributed by atoms with Gasteiger partial charge in [-0.25, -0.2) is 0 Å². The van der Waals surface area contributed by atoms with Crippen molar-refractivity contribution in [3.05, 3.63) is 17.5 Å². The zero-order chi connectivity index (χ0) is 12.8. The lowest BCUT2D eigenvalue weighted by Crippen LogP contribution is -2.23. The van der Waals surface area contributed by atoms with E-state index in [1.165, 1.54) is 30.5 Å². The van der Waals surface area contributed by atoms with Crippen molar-refractivity contribution in [1.29, 1.82) is 0 Å². The maximum Gasteiger partial charge on any atom is 0.0540 e. The fourth-order valence-electron chi connectivity index (χ4n) is 2.44. The third-order valence-corrected chi connectivity index (χ3v) is 3.52. The molecule has 1 N–H and O–H groups in total. The number of rotatable bonds is 7. The third kappa shape index (κ3) is 3.84. The predicted octanol–water partition coefficient (Wildman–Crippen LogP) is 3.21. The summed E-state index contributed by atoms with van der Waals surface area (Å²) < 4.78 is 1.96. The van der Waals surface area contributed by atoms with Crippen LogP contribution in [0.3, 0.4) is 0 Å². The fourth-order valence-corrected chi connectivity index (χ4v) is 2.44. The molecule has 0 spiro atoms. The SMILES string of the molecule is CCCC(C)CC(NCC)c1cnn(C)c1C. The smallest absolute Gasteiger partial charge is 0.0540 e. The molecule has 3 heteroatoms. The van der Waals surface area contributed by atoms with Gasteiger partial charge in [0.15, 0.2) is 0 Å². The molecule has 98 valence electrons. The van der Waals surface area contributed by atoms with Crippen LogP contribution in [-0.2, 0) is 7.05 Å². The van der Waals surface area contributed by atoms with Crippen LogP contribution in [0.5, 0.6) is 0 Å². The first-order valence-corrected chi connectivity index (χ1v) is 6.81. The summed E-state index contributed by atoms with van der Waals surface area (Å²) >= 11 is 0. The van der Waals surface area contributed by atoms with Crippen molar-refractivity contribution in [3.63, 3.8) is 0 Å². The fraction of sp³-hybridized carbons (Fsp3) is 0.786. The molecule has 0 bridgehead atoms. The average Bonchev–Trinajstić information content (AvgIpc) is 2.60. The highest BCUT2D eigenvalue weighted by Crippen LogP contribution is 2.25. The highest BCUT2D eigenvalue weighted by molar-refractivity contribution is 5.20. The van der Waals surface area contributed by atoms with E-state index in [1.54, 1.807) is 0 Å². The summed E-state index contributed by atoms with van der Waals surface area (Å²) in [5, 5.41) is 7.94. The number of nitrogens with one attached hydrogen (secondary N) is 1. The van der Waals surface area contributed by atoms with Crippen LogP contribution in [0.15, 0.2) is 6.20 Å². The Kier molecular flexibility index (Phi) is 5.69. The summed E-state index contributed by atoms with van der Waals surface area (Å²) in [6.07, 6.45) is 5.79. The average molecular weight is 237 g/mol. The van der Waals surface area contributed by atoms with E-state index in [0.29, 0.717) is 6.04 Å². The number of hydrogen-bond donors (Lipinski definition) is 1. The molecule has 0 saturated heterocycles. The lowest BCUT2D eigenvalue weighted by atomic mass is 9.93. The van der Waals surface area contributed by atoms with Gasteiger partial charge in [0.25, 0.3) is 0 Å². The van der Waals surface area contributed by atoms with E-state index in [0.717, 1.165) is 12.5 Å². The van der Waals surface area contributed by atoms with E-state index in [1.807, 2.05) is 17.9 Å². The van der Waals surface area contributed by atoms with E-state index in [-0.39, 0.29) is 0 Å². The Labute approximate surface area is 106 Å². The molecular formula is C14H27N3. The summed E-state index contributed by atoms with van der Waals surface area (Å²) in [6, 6.07) is 0.454. The van der Waals surface area contributed by atoms with E-state index < -0.39 is 0 Å². The highest BCUT2D eigenvalue weighted by atomic mass is 15.3. The molecule has 2 unspecified atom stereocenters. The largest absolute Gasteiger partial charge is 0.310 e. The van der Waals surface area contributed by atoms with Crippen molar-refractivity contribution in [1.82, 2.24) is 15.1 Å². The maximum absolute atomic E-state index is 4.35. The number of hydrogen-bond acceptors (Lipinski definition) is 2. The van der Waals surface area contributed by atoms with Gasteiger partial charge in [-0.15, -0.1) is 0 Å². The van der Waals surface area contributed by atoms with Gasteiger partial charge in [-0.1, -0.05) is 33.6 Å². The Balaban J connectivity index is 2.75. The Morgan fingerprint density at radius 1 is 1.41 bits per heavy atom. The second kappa shape index (κ2) is 6.80. The van der Waals surface area contributed by atoms with Gasteiger partial charge in [0.1, 0.15) is 0 Å². The first kappa shape index (κ1) is 14.2. The molecule has 1 rings (SSSR count). The second-order valence-corrected chi connectivity index (χ2v) is 5.05. The lowest BCUT2D eigenvalue weighted by Gasteiger charge is -2.21. The Hall–Kier alpha value is -0.830. The van der Waals surface area contributed by atoms with Gasteiger partial charge in [-0.3, -0.25) is 4.68 Å². The van der Waals surface area contributed by atoms with E-state index in [4.69, 9.17) is 0 Å². The zero-order valence-electron chi connectivity index (χ0n) is 12.0. The molecule has 0 amide bonds. The normalized spacial score (nSPS) is 14.9. The van der Waals surface area contributed by atoms with Crippen LogP contribution in [0, 0.1) is 12.8 Å². The van der Waals surface area contributed by atoms with Gasteiger partial charge < -0.3 is 5.32 Å². The minimum Gasteiger partial charge on any atom is -0.310 e. The summed E-state index contributed by atoms with van der Waals surface area (Å²) in [5.74, 6) is 0.767. The molecule has 1 aromatic rings. The van der Waals surface area contributed by atoms with Gasteiger partial charge in [-0.2, -0.15) is 5.10 Å². The number of aryl methyl sites for hydroxylation is 1. The monoisotopic (exact) mass is 237 g/mol. The first-order chi connectivity index (χ1) is 8.10. The molecular weight excluding hydrogens is 210 g/mol. The standard InChI is InChI=1S/C14H27N3/c1-6-8-11(3)9-14(15-7-2)13-10-16-17(5)12(13)4/h10-11,14-15H,6-9H2,1-5H3. The van der Waals surface area contributed by atoms with Crippen molar-refractivity contribution >= 4 is 0 Å². The molecule has 1 heterocycles. The molecule has 0 fully saturated rings. The minimum atomic E-state index is 0.454. The van der Waals surface area contributed by atoms with Crippen molar-refractivity contribution in [3.8, 4) is 0 Å². The van der Waals surface area contributed by atoms with Gasteiger partial charge >= 0.3 is 0 Å². The van der Waals surface area contributed by atoms with Crippen LogP contribution in [0.1, 0.15) is 57.3 Å². The van der Waals surface area contributed by atoms with Gasteiger partial charge in [0.2, 0.25) is 0 Å². The Morgan fingerprint density at radius 2 is 2.12 bits per heavy atom. The Bertz CT molecular complexity index is 330. The van der Waals surface area contributed by atoms with Crippen LogP contribution in [0.2, 0.25) is 0 Å². The molecule has 0 saturated carbocycles. The van der Waals surface area contributed by atoms with E-state index >= 15 is 0 Å². The molecule has 0 aliphatic heterocycles. The lowest BCUT2D eigenvalue weighted by molar-refractivity contribution is 0.394. The van der Waals surface area contributed by atoms with Gasteiger partial charge in [0.05, 0.1) is 6.20 Å². The quantitative estimate of drug-likeness (QED) is 0.789. The zero-order valence-corrected chi connectivity index (χ0v) is 12.0. The number of aromatic nitrogens is 2. The van der Waals surface area contributed by atoms with Gasteiger partial charge in [0, 0.05) is 24.3 Å². The first-order valence-electron chi connectivity index (χ1n) is 6.81. The summed E-state index contributed by atoms with van der Waals surface area (Å²) in [5.41, 5.74) is 2.64. The van der Waals surface area contributed by atoms with Crippen molar-refractivity contribution in [2.45, 2.75) is 53.0 Å². The third-order valence-electron chi connectivity index (χ3n) is 3.52. The predicted molar refractivity (Wildman–Crippen MR) is 73.1 cm³/mol. The second-order valence-electron chi connectivity index (χ2n) is 5.05. The molecule has 1 aromatic heterocycles. The molecule has 0 radical (unpaired) electrons. The topological polar surface area (TPSA) is 29.9 Å². The highest BCUT2D eigenvalue weighted by Gasteiger charge is 2.18. The Morgan fingerprint density at radius 3 is 2.59 bits per heavy atom. The van der Waals surface area contributed by atoms with E-state index in [2.05, 4.69) is 38.1 Å². The summed E-state index contributed by atoms with van der Waals surface area (Å²) in [7, 11) is 2.01. The van der Waals surface area contributed by atoms with Crippen LogP contribution >= 0.6 is 0 Å². The maximum atomic E-state index is 4.35. The minimum absolute atomic E-state index is 0.454. The summed E-state index contributed by atoms with van der Waals surface area (Å²) in [4.78, 5) is 0. The van der Waals surface area contributed by atoms with Crippen molar-refractivity contribution in [2.24, 2.45) is 13.0 Å². The molecule has 17 heavy (non-hydrogen) atoms. The van der Waals surface area contributed by atoms with Crippen LogP contribution in [0.4, 0.5) is 0 Å². The molecule has 0 aromatic carbocycles. The van der Waals surface area contributed by atoms with Crippen molar-refractivity contribution in [2.75, 3.05) is 6.54 Å². The number of nitrogens with zero attached hydrogens (tertiary/aromatic N) is 2. The van der Waals surface area contributed by atoms with E-state index in [9.17, 15) is 0 Å². The molecule has 0 aliphatic rings. The van der Waals surface area contributed by atoms with Crippen LogP contribution in [0.25, 0.3) is 0 Å². The molecule has 2 atom stereocenters. The van der Waals surface area contributed by atoms with Gasteiger partial charge in [-0.05, 0) is 25.8 Å².